The number of benzene rings is 1. The number of hydrogen-bond acceptors (Lipinski definition) is 3. The van der Waals surface area contributed by atoms with Gasteiger partial charge in [-0.15, -0.1) is 0 Å². The summed E-state index contributed by atoms with van der Waals surface area (Å²) in [5.41, 5.74) is 1.87. The molecule has 4 heteroatoms. The third-order valence-electron chi connectivity index (χ3n) is 1.65. The zero-order valence-electron chi connectivity index (χ0n) is 8.73. The molecule has 0 bridgehead atoms. The third-order valence-corrected chi connectivity index (χ3v) is 1.65. The van der Waals surface area contributed by atoms with Gasteiger partial charge in [-0.2, -0.15) is 0 Å². The van der Waals surface area contributed by atoms with Crippen LogP contribution in [0.2, 0.25) is 0 Å². The van der Waals surface area contributed by atoms with Gasteiger partial charge in [-0.1, -0.05) is 17.3 Å². The lowest BCUT2D eigenvalue weighted by molar-refractivity contribution is 0.0696. The summed E-state index contributed by atoms with van der Waals surface area (Å²) < 4.78 is 0. The summed E-state index contributed by atoms with van der Waals surface area (Å²) in [6, 6.07) is 6.60. The van der Waals surface area contributed by atoms with E-state index < -0.39 is 5.97 Å². The second-order valence-electron chi connectivity index (χ2n) is 3.32. The fourth-order valence-electron chi connectivity index (χ4n) is 1.03. The summed E-state index contributed by atoms with van der Waals surface area (Å²) in [7, 11) is 0. The topological polar surface area (TPSA) is 58.9 Å². The molecule has 0 spiro atoms. The van der Waals surface area contributed by atoms with Crippen LogP contribution >= 0.6 is 0 Å². The molecule has 0 fully saturated rings. The summed E-state index contributed by atoms with van der Waals surface area (Å²) in [4.78, 5) is 15.7. The van der Waals surface area contributed by atoms with Gasteiger partial charge in [0.25, 0.3) is 0 Å². The Balaban J connectivity index is 2.66. The van der Waals surface area contributed by atoms with Gasteiger partial charge in [0.15, 0.2) is 0 Å². The van der Waals surface area contributed by atoms with Crippen molar-refractivity contribution in [3.05, 3.63) is 35.4 Å². The van der Waals surface area contributed by atoms with Crippen molar-refractivity contribution in [3.63, 3.8) is 0 Å². The van der Waals surface area contributed by atoms with E-state index in [1.54, 1.807) is 24.3 Å². The fourth-order valence-corrected chi connectivity index (χ4v) is 1.03. The summed E-state index contributed by atoms with van der Waals surface area (Å²) >= 11 is 0. The van der Waals surface area contributed by atoms with E-state index in [2.05, 4.69) is 5.16 Å². The number of oxime groups is 1. The summed E-state index contributed by atoms with van der Waals surface area (Å²) in [5.74, 6) is -0.938. The monoisotopic (exact) mass is 207 g/mol. The number of aromatic carboxylic acids is 1. The van der Waals surface area contributed by atoms with E-state index in [0.29, 0.717) is 0 Å². The van der Waals surface area contributed by atoms with Crippen LogP contribution in [0.5, 0.6) is 0 Å². The van der Waals surface area contributed by atoms with Crippen LogP contribution in [0.4, 0.5) is 0 Å². The quantitative estimate of drug-likeness (QED) is 0.608. The Morgan fingerprint density at radius 3 is 2.80 bits per heavy atom. The first kappa shape index (κ1) is 11.2. The fraction of sp³-hybridized carbons (Fsp3) is 0.273. The highest BCUT2D eigenvalue weighted by atomic mass is 16.6. The molecule has 80 valence electrons. The predicted octanol–water partition coefficient (Wildman–Crippen LogP) is 2.30. The largest absolute Gasteiger partial charge is 0.478 e. The maximum atomic E-state index is 10.7. The number of rotatable bonds is 4. The van der Waals surface area contributed by atoms with Crippen LogP contribution in [-0.2, 0) is 11.4 Å². The van der Waals surface area contributed by atoms with Gasteiger partial charge < -0.3 is 9.94 Å². The van der Waals surface area contributed by atoms with Crippen LogP contribution in [0.15, 0.2) is 29.4 Å². The van der Waals surface area contributed by atoms with Crippen molar-refractivity contribution >= 4 is 11.7 Å². The molecule has 4 nitrogen and oxygen atoms in total. The standard InChI is InChI=1S/C11H13NO3/c1-8(2)12-15-7-9-4-3-5-10(6-9)11(13)14/h3-6H,7H2,1-2H3,(H,13,14). The molecular formula is C11H13NO3. The highest BCUT2D eigenvalue weighted by Crippen LogP contribution is 2.06. The predicted molar refractivity (Wildman–Crippen MR) is 57.0 cm³/mol. The molecule has 0 radical (unpaired) electrons. The molecule has 15 heavy (non-hydrogen) atoms. The highest BCUT2D eigenvalue weighted by molar-refractivity contribution is 5.87. The van der Waals surface area contributed by atoms with Gasteiger partial charge in [0.2, 0.25) is 0 Å². The normalized spacial score (nSPS) is 9.47. The van der Waals surface area contributed by atoms with Crippen LogP contribution in [0.1, 0.15) is 29.8 Å². The van der Waals surface area contributed by atoms with E-state index in [9.17, 15) is 4.79 Å². The van der Waals surface area contributed by atoms with Gasteiger partial charge in [0.1, 0.15) is 6.61 Å². The second-order valence-corrected chi connectivity index (χ2v) is 3.32. The average molecular weight is 207 g/mol. The Morgan fingerprint density at radius 2 is 2.20 bits per heavy atom. The lowest BCUT2D eigenvalue weighted by Crippen LogP contribution is -1.98. The van der Waals surface area contributed by atoms with Gasteiger partial charge in [0, 0.05) is 0 Å². The summed E-state index contributed by atoms with van der Waals surface area (Å²) in [6.07, 6.45) is 0. The van der Waals surface area contributed by atoms with Crippen LogP contribution in [0, 0.1) is 0 Å². The van der Waals surface area contributed by atoms with E-state index in [1.807, 2.05) is 13.8 Å². The Morgan fingerprint density at radius 1 is 1.47 bits per heavy atom. The lowest BCUT2D eigenvalue weighted by Gasteiger charge is -2.01. The van der Waals surface area contributed by atoms with E-state index in [4.69, 9.17) is 9.94 Å². The molecule has 1 N–H and O–H groups in total. The van der Waals surface area contributed by atoms with Gasteiger partial charge in [-0.05, 0) is 31.5 Å². The number of carbonyl (C=O) groups is 1. The number of nitrogens with zero attached hydrogens (tertiary/aromatic N) is 1. The minimum atomic E-state index is -0.938. The van der Waals surface area contributed by atoms with Gasteiger partial charge in [-0.3, -0.25) is 0 Å². The molecule has 1 aromatic carbocycles. The van der Waals surface area contributed by atoms with Crippen molar-refractivity contribution in [1.82, 2.24) is 0 Å². The molecule has 0 saturated carbocycles. The molecule has 0 amide bonds. The number of carboxylic acids is 1. The Labute approximate surface area is 88.2 Å². The van der Waals surface area contributed by atoms with E-state index >= 15 is 0 Å². The first-order chi connectivity index (χ1) is 7.09. The molecular weight excluding hydrogens is 194 g/mol. The van der Waals surface area contributed by atoms with Crippen LogP contribution in [0.3, 0.4) is 0 Å². The van der Waals surface area contributed by atoms with Crippen molar-refractivity contribution in [2.24, 2.45) is 5.16 Å². The minimum absolute atomic E-state index is 0.258. The first-order valence-corrected chi connectivity index (χ1v) is 4.55. The SMILES string of the molecule is CC(C)=NOCc1cccc(C(=O)O)c1. The maximum Gasteiger partial charge on any atom is 0.335 e. The van der Waals surface area contributed by atoms with E-state index in [-0.39, 0.29) is 12.2 Å². The molecule has 0 aliphatic carbocycles. The smallest absolute Gasteiger partial charge is 0.335 e. The molecule has 0 aliphatic rings. The number of carboxylic acid groups (broad SMARTS) is 1. The molecule has 1 rings (SSSR count). The van der Waals surface area contributed by atoms with Crippen molar-refractivity contribution in [2.75, 3.05) is 0 Å². The van der Waals surface area contributed by atoms with Gasteiger partial charge >= 0.3 is 5.97 Å². The van der Waals surface area contributed by atoms with E-state index in [1.165, 1.54) is 0 Å². The van der Waals surface area contributed by atoms with Crippen molar-refractivity contribution in [1.29, 1.82) is 0 Å². The van der Waals surface area contributed by atoms with Gasteiger partial charge in [0.05, 0.1) is 11.3 Å². The summed E-state index contributed by atoms with van der Waals surface area (Å²) in [6.45, 7) is 3.94. The van der Waals surface area contributed by atoms with Gasteiger partial charge in [-0.25, -0.2) is 4.79 Å². The first-order valence-electron chi connectivity index (χ1n) is 4.55. The molecule has 0 aliphatic heterocycles. The van der Waals surface area contributed by atoms with Crippen LogP contribution < -0.4 is 0 Å². The average Bonchev–Trinajstić information content (AvgIpc) is 2.17. The van der Waals surface area contributed by atoms with Crippen molar-refractivity contribution in [3.8, 4) is 0 Å². The van der Waals surface area contributed by atoms with Crippen molar-refractivity contribution < 1.29 is 14.7 Å². The summed E-state index contributed by atoms with van der Waals surface area (Å²) in [5, 5.41) is 12.5. The lowest BCUT2D eigenvalue weighted by atomic mass is 10.1. The second kappa shape index (κ2) is 5.14. The molecule has 0 atom stereocenters. The maximum absolute atomic E-state index is 10.7. The van der Waals surface area contributed by atoms with Crippen LogP contribution in [0.25, 0.3) is 0 Å². The molecule has 0 aromatic heterocycles. The molecule has 0 heterocycles. The zero-order chi connectivity index (χ0) is 11.3. The Kier molecular flexibility index (Phi) is 3.85. The molecule has 1 aromatic rings. The zero-order valence-corrected chi connectivity index (χ0v) is 8.73. The van der Waals surface area contributed by atoms with Crippen LogP contribution in [-0.4, -0.2) is 16.8 Å². The Bertz CT molecular complexity index is 381. The third kappa shape index (κ3) is 3.81. The highest BCUT2D eigenvalue weighted by Gasteiger charge is 2.02. The number of hydrogen-bond donors (Lipinski definition) is 1. The van der Waals surface area contributed by atoms with Crippen molar-refractivity contribution in [2.45, 2.75) is 20.5 Å². The molecule has 0 unspecified atom stereocenters. The minimum Gasteiger partial charge on any atom is -0.478 e. The van der Waals surface area contributed by atoms with E-state index in [0.717, 1.165) is 11.3 Å². The Hall–Kier alpha value is -1.84. The molecule has 0 saturated heterocycles.